The molecule has 1 aromatic rings. The summed E-state index contributed by atoms with van der Waals surface area (Å²) in [5, 5.41) is 8.99. The summed E-state index contributed by atoms with van der Waals surface area (Å²) >= 11 is 0. The van der Waals surface area contributed by atoms with E-state index < -0.39 is 5.97 Å². The van der Waals surface area contributed by atoms with Crippen LogP contribution in [-0.4, -0.2) is 15.6 Å². The molecule has 0 fully saturated rings. The highest BCUT2D eigenvalue weighted by molar-refractivity contribution is 5.87. The molecule has 1 rings (SSSR count). The molecule has 4 heteroatoms. The van der Waals surface area contributed by atoms with Crippen molar-refractivity contribution in [3.8, 4) is 0 Å². The molecule has 0 saturated heterocycles. The van der Waals surface area contributed by atoms with Gasteiger partial charge in [0, 0.05) is 12.2 Å². The lowest BCUT2D eigenvalue weighted by molar-refractivity contribution is 0.0694. The largest absolute Gasteiger partial charge is 0.477 e. The van der Waals surface area contributed by atoms with Gasteiger partial charge < -0.3 is 9.67 Å². The van der Waals surface area contributed by atoms with E-state index in [0.29, 0.717) is 6.54 Å². The summed E-state index contributed by atoms with van der Waals surface area (Å²) in [6.45, 7) is 6.48. The smallest absolute Gasteiger partial charge is 0.341 e. The molecule has 0 unspecified atom stereocenters. The monoisotopic (exact) mass is 237 g/mol. The molecule has 1 N–H and O–H groups in total. The van der Waals surface area contributed by atoms with Crippen LogP contribution >= 0.6 is 0 Å². The van der Waals surface area contributed by atoms with Crippen molar-refractivity contribution in [2.24, 2.45) is 0 Å². The van der Waals surface area contributed by atoms with Gasteiger partial charge >= 0.3 is 5.97 Å². The normalized spacial score (nSPS) is 10.5. The first-order valence-electron chi connectivity index (χ1n) is 5.99. The molecule has 0 aliphatic rings. The fourth-order valence-corrected chi connectivity index (χ4v) is 2.02. The number of carboxylic acid groups (broad SMARTS) is 1. The van der Waals surface area contributed by atoms with Crippen molar-refractivity contribution < 1.29 is 9.90 Å². The number of pyridine rings is 1. The molecule has 94 valence electrons. The van der Waals surface area contributed by atoms with Gasteiger partial charge in [0.1, 0.15) is 5.56 Å². The van der Waals surface area contributed by atoms with Crippen LogP contribution in [0.25, 0.3) is 0 Å². The molecule has 0 radical (unpaired) electrons. The zero-order valence-electron chi connectivity index (χ0n) is 10.6. The average Bonchev–Trinajstić information content (AvgIpc) is 2.29. The Hall–Kier alpha value is -1.58. The van der Waals surface area contributed by atoms with Crippen molar-refractivity contribution in [1.29, 1.82) is 0 Å². The van der Waals surface area contributed by atoms with Gasteiger partial charge in [-0.2, -0.15) is 0 Å². The Kier molecular flexibility index (Phi) is 4.49. The highest BCUT2D eigenvalue weighted by atomic mass is 16.4. The highest BCUT2D eigenvalue weighted by Gasteiger charge is 2.15. The molecule has 1 aromatic heterocycles. The number of nitrogens with zero attached hydrogens (tertiary/aromatic N) is 1. The number of hydrogen-bond acceptors (Lipinski definition) is 2. The summed E-state index contributed by atoms with van der Waals surface area (Å²) in [4.78, 5) is 23.0. The van der Waals surface area contributed by atoms with Crippen molar-refractivity contribution in [3.05, 3.63) is 33.2 Å². The Bertz CT molecular complexity index is 474. The third kappa shape index (κ3) is 2.75. The number of carbonyl (C=O) groups is 1. The second kappa shape index (κ2) is 5.66. The van der Waals surface area contributed by atoms with Gasteiger partial charge in [0.2, 0.25) is 0 Å². The fourth-order valence-electron chi connectivity index (χ4n) is 2.02. The molecular weight excluding hydrogens is 218 g/mol. The van der Waals surface area contributed by atoms with E-state index in [2.05, 4.69) is 0 Å². The van der Waals surface area contributed by atoms with Gasteiger partial charge in [0.15, 0.2) is 0 Å². The summed E-state index contributed by atoms with van der Waals surface area (Å²) in [6, 6.07) is 1.48. The Morgan fingerprint density at radius 1 is 1.41 bits per heavy atom. The molecule has 17 heavy (non-hydrogen) atoms. The summed E-state index contributed by atoms with van der Waals surface area (Å²) in [7, 11) is 0. The number of aryl methyl sites for hydroxylation is 1. The number of hydrogen-bond donors (Lipinski definition) is 1. The maximum atomic E-state index is 12.0. The maximum absolute atomic E-state index is 12.0. The second-order valence-corrected chi connectivity index (χ2v) is 4.16. The zero-order chi connectivity index (χ0) is 13.0. The fraction of sp³-hybridized carbons (Fsp3) is 0.538. The molecule has 1 heterocycles. The van der Waals surface area contributed by atoms with Crippen LogP contribution in [0.1, 0.15) is 48.3 Å². The van der Waals surface area contributed by atoms with Gasteiger partial charge in [-0.15, -0.1) is 0 Å². The summed E-state index contributed by atoms with van der Waals surface area (Å²) in [6.07, 6.45) is 2.60. The van der Waals surface area contributed by atoms with Crippen molar-refractivity contribution in [2.75, 3.05) is 0 Å². The number of rotatable bonds is 5. The summed E-state index contributed by atoms with van der Waals surface area (Å²) in [5.74, 6) is -1.15. The lowest BCUT2D eigenvalue weighted by atomic mass is 10.1. The first-order chi connectivity index (χ1) is 8.02. The van der Waals surface area contributed by atoms with E-state index in [9.17, 15) is 9.59 Å². The summed E-state index contributed by atoms with van der Waals surface area (Å²) < 4.78 is 1.61. The van der Waals surface area contributed by atoms with E-state index in [-0.39, 0.29) is 11.1 Å². The lowest BCUT2D eigenvalue weighted by Gasteiger charge is -2.15. The molecular formula is C13H19NO3. The van der Waals surface area contributed by atoms with Crippen LogP contribution < -0.4 is 5.56 Å². The van der Waals surface area contributed by atoms with E-state index in [1.54, 1.807) is 4.57 Å². The zero-order valence-corrected chi connectivity index (χ0v) is 10.6. The lowest BCUT2D eigenvalue weighted by Crippen LogP contribution is -2.29. The number of aromatic carboxylic acids is 1. The first kappa shape index (κ1) is 13.5. The Morgan fingerprint density at radius 2 is 2.06 bits per heavy atom. The number of aromatic nitrogens is 1. The van der Waals surface area contributed by atoms with Crippen LogP contribution in [0, 0.1) is 6.92 Å². The van der Waals surface area contributed by atoms with Gasteiger partial charge in [-0.25, -0.2) is 4.79 Å². The molecule has 4 nitrogen and oxygen atoms in total. The van der Waals surface area contributed by atoms with Crippen molar-refractivity contribution >= 4 is 5.97 Å². The number of carboxylic acids is 1. The quantitative estimate of drug-likeness (QED) is 0.854. The molecule has 0 aromatic carbocycles. The van der Waals surface area contributed by atoms with Crippen molar-refractivity contribution in [1.82, 2.24) is 4.57 Å². The average molecular weight is 237 g/mol. The predicted molar refractivity (Wildman–Crippen MR) is 66.7 cm³/mol. The van der Waals surface area contributed by atoms with Gasteiger partial charge in [-0.1, -0.05) is 20.3 Å². The van der Waals surface area contributed by atoms with Crippen LogP contribution in [0.15, 0.2) is 10.9 Å². The Morgan fingerprint density at radius 3 is 2.53 bits per heavy atom. The topological polar surface area (TPSA) is 59.3 Å². The van der Waals surface area contributed by atoms with Crippen LogP contribution in [0.5, 0.6) is 0 Å². The predicted octanol–water partition coefficient (Wildman–Crippen LogP) is 2.22. The first-order valence-corrected chi connectivity index (χ1v) is 5.99. The van der Waals surface area contributed by atoms with Crippen LogP contribution in [0.3, 0.4) is 0 Å². The SMILES string of the molecule is CCCCn1c(CC)c(C)cc(C(=O)O)c1=O. The minimum atomic E-state index is -1.15. The van der Waals surface area contributed by atoms with Crippen molar-refractivity contribution in [2.45, 2.75) is 46.6 Å². The third-order valence-electron chi connectivity index (χ3n) is 2.92. The van der Waals surface area contributed by atoms with E-state index >= 15 is 0 Å². The minimum absolute atomic E-state index is 0.129. The van der Waals surface area contributed by atoms with Gasteiger partial charge in [-0.05, 0) is 31.4 Å². The van der Waals surface area contributed by atoms with Gasteiger partial charge in [0.05, 0.1) is 0 Å². The van der Waals surface area contributed by atoms with E-state index in [0.717, 1.165) is 30.5 Å². The maximum Gasteiger partial charge on any atom is 0.341 e. The molecule has 0 amide bonds. The molecule has 0 bridgehead atoms. The Balaban J connectivity index is 3.40. The van der Waals surface area contributed by atoms with Gasteiger partial charge in [-0.3, -0.25) is 4.79 Å². The summed E-state index contributed by atoms with van der Waals surface area (Å²) in [5.41, 5.74) is 1.30. The van der Waals surface area contributed by atoms with Gasteiger partial charge in [0.25, 0.3) is 5.56 Å². The Labute approximate surface area is 101 Å². The second-order valence-electron chi connectivity index (χ2n) is 4.16. The highest BCUT2D eigenvalue weighted by Crippen LogP contribution is 2.10. The standard InChI is InChI=1S/C13H19NO3/c1-4-6-7-14-11(5-2)9(3)8-10(12(14)15)13(16)17/h8H,4-7H2,1-3H3,(H,16,17). The van der Waals surface area contributed by atoms with Crippen LogP contribution in [0.2, 0.25) is 0 Å². The van der Waals surface area contributed by atoms with E-state index in [4.69, 9.17) is 5.11 Å². The van der Waals surface area contributed by atoms with Crippen molar-refractivity contribution in [3.63, 3.8) is 0 Å². The van der Waals surface area contributed by atoms with E-state index in [1.165, 1.54) is 6.07 Å². The van der Waals surface area contributed by atoms with Crippen LogP contribution in [-0.2, 0) is 13.0 Å². The molecule has 0 saturated carbocycles. The molecule has 0 aliphatic carbocycles. The van der Waals surface area contributed by atoms with Crippen LogP contribution in [0.4, 0.5) is 0 Å². The minimum Gasteiger partial charge on any atom is -0.477 e. The van der Waals surface area contributed by atoms with E-state index in [1.807, 2.05) is 20.8 Å². The molecule has 0 aliphatic heterocycles. The molecule has 0 spiro atoms. The third-order valence-corrected chi connectivity index (χ3v) is 2.92. The number of unbranched alkanes of at least 4 members (excludes halogenated alkanes) is 1. The molecule has 0 atom stereocenters.